The van der Waals surface area contributed by atoms with Gasteiger partial charge in [0.25, 0.3) is 7.82 Å². The molecule has 9 nitrogen and oxygen atoms in total. The van der Waals surface area contributed by atoms with Crippen LogP contribution in [-0.4, -0.2) is 69.4 Å². The molecule has 424 valence electrons. The van der Waals surface area contributed by atoms with Crippen LogP contribution in [0.2, 0.25) is 0 Å². The summed E-state index contributed by atoms with van der Waals surface area (Å²) in [7, 11) is 1.13. The molecule has 0 bridgehead atoms. The average Bonchev–Trinajstić information content (AvgIpc) is 3.36. The van der Waals surface area contributed by atoms with Gasteiger partial charge in [0.05, 0.1) is 33.8 Å². The van der Waals surface area contributed by atoms with E-state index in [4.69, 9.17) is 13.8 Å². The lowest BCUT2D eigenvalue weighted by atomic mass is 10.0. The van der Waals surface area contributed by atoms with E-state index in [0.29, 0.717) is 23.9 Å². The Balaban J connectivity index is 5.43. The lowest BCUT2D eigenvalue weighted by Crippen LogP contribution is -2.47. The molecule has 0 aliphatic heterocycles. The van der Waals surface area contributed by atoms with E-state index >= 15 is 0 Å². The predicted octanol–water partition coefficient (Wildman–Crippen LogP) is 17.5. The lowest BCUT2D eigenvalue weighted by molar-refractivity contribution is -0.870. The number of carbonyl (C=O) groups is 2. The van der Waals surface area contributed by atoms with Crippen LogP contribution in [0.4, 0.5) is 0 Å². The SMILES string of the molecule is CC/C=C\C/C=C\C/C=C\C/C=C\C/C=C\CCCC(=O)OC(/C=C/CCCCCCCCCCCC)C(COP(=O)([O-])OCC[N+](C)(C)C)NC(=O)CCCCCCCC/C=C\C/C=C\C/C=C\CCCCC. The second-order valence-electron chi connectivity index (χ2n) is 20.8. The fourth-order valence-electron chi connectivity index (χ4n) is 7.86. The van der Waals surface area contributed by atoms with Crippen LogP contribution in [-0.2, 0) is 27.9 Å². The van der Waals surface area contributed by atoms with E-state index in [1.54, 1.807) is 6.08 Å². The Morgan fingerprint density at radius 3 is 1.35 bits per heavy atom. The highest BCUT2D eigenvalue weighted by molar-refractivity contribution is 7.45. The van der Waals surface area contributed by atoms with Gasteiger partial charge in [0, 0.05) is 12.8 Å². The van der Waals surface area contributed by atoms with E-state index < -0.39 is 32.5 Å². The summed E-state index contributed by atoms with van der Waals surface area (Å²) in [6, 6.07) is -0.925. The molecule has 1 N–H and O–H groups in total. The van der Waals surface area contributed by atoms with Crippen molar-refractivity contribution in [3.05, 3.63) is 109 Å². The molecule has 0 saturated carbocycles. The fraction of sp³-hybridized carbons (Fsp3) is 0.688. The number of allylic oxidation sites excluding steroid dienone is 17. The minimum absolute atomic E-state index is 0.0394. The highest BCUT2D eigenvalue weighted by Gasteiger charge is 2.27. The summed E-state index contributed by atoms with van der Waals surface area (Å²) in [5.41, 5.74) is 0. The maximum absolute atomic E-state index is 13.5. The topological polar surface area (TPSA) is 114 Å². The lowest BCUT2D eigenvalue weighted by Gasteiger charge is -2.30. The summed E-state index contributed by atoms with van der Waals surface area (Å²) in [6.07, 6.45) is 72.0. The van der Waals surface area contributed by atoms with Crippen molar-refractivity contribution < 1.29 is 37.3 Å². The molecule has 0 spiro atoms. The van der Waals surface area contributed by atoms with E-state index in [2.05, 4.69) is 123 Å². The molecule has 0 rings (SSSR count). The molecule has 0 aromatic heterocycles. The van der Waals surface area contributed by atoms with Crippen molar-refractivity contribution >= 4 is 19.7 Å². The van der Waals surface area contributed by atoms with Crippen molar-refractivity contribution in [2.24, 2.45) is 0 Å². The molecule has 10 heteroatoms. The molecule has 1 amide bonds. The zero-order valence-electron chi connectivity index (χ0n) is 48.3. The van der Waals surface area contributed by atoms with Crippen LogP contribution in [0.3, 0.4) is 0 Å². The van der Waals surface area contributed by atoms with Gasteiger partial charge in [-0.05, 0) is 109 Å². The van der Waals surface area contributed by atoms with Crippen LogP contribution in [0.5, 0.6) is 0 Å². The van der Waals surface area contributed by atoms with Gasteiger partial charge in [0.2, 0.25) is 5.91 Å². The number of phosphoric ester groups is 1. The first kappa shape index (κ1) is 70.7. The number of amides is 1. The van der Waals surface area contributed by atoms with Gasteiger partial charge in [0.1, 0.15) is 19.3 Å². The van der Waals surface area contributed by atoms with Crippen molar-refractivity contribution in [2.75, 3.05) is 40.9 Å². The number of esters is 1. The van der Waals surface area contributed by atoms with Crippen LogP contribution in [0.15, 0.2) is 109 Å². The summed E-state index contributed by atoms with van der Waals surface area (Å²) in [4.78, 5) is 39.9. The second-order valence-corrected chi connectivity index (χ2v) is 22.2. The Bertz CT molecular complexity index is 1640. The van der Waals surface area contributed by atoms with Gasteiger partial charge in [-0.2, -0.15) is 0 Å². The average molecular weight is 1050 g/mol. The van der Waals surface area contributed by atoms with Crippen molar-refractivity contribution in [3.8, 4) is 0 Å². The maximum atomic E-state index is 13.5. The number of nitrogens with one attached hydrogen (secondary N) is 1. The largest absolute Gasteiger partial charge is 0.756 e. The Morgan fingerprint density at radius 2 is 0.878 bits per heavy atom. The van der Waals surface area contributed by atoms with Crippen LogP contribution in [0.1, 0.15) is 233 Å². The fourth-order valence-corrected chi connectivity index (χ4v) is 8.58. The zero-order valence-corrected chi connectivity index (χ0v) is 49.1. The molecule has 0 aliphatic rings. The maximum Gasteiger partial charge on any atom is 0.306 e. The van der Waals surface area contributed by atoms with Crippen molar-refractivity contribution in [2.45, 2.75) is 245 Å². The molecule has 0 fully saturated rings. The number of hydrogen-bond acceptors (Lipinski definition) is 7. The summed E-state index contributed by atoms with van der Waals surface area (Å²) in [5.74, 6) is -0.631. The molecule has 3 atom stereocenters. The molecular formula is C64H111N2O7P. The third-order valence-corrected chi connectivity index (χ3v) is 13.4. The smallest absolute Gasteiger partial charge is 0.306 e. The number of hydrogen-bond donors (Lipinski definition) is 1. The van der Waals surface area contributed by atoms with E-state index in [9.17, 15) is 19.0 Å². The highest BCUT2D eigenvalue weighted by atomic mass is 31.2. The number of phosphoric acid groups is 1. The molecule has 0 aromatic carbocycles. The van der Waals surface area contributed by atoms with Gasteiger partial charge < -0.3 is 28.5 Å². The van der Waals surface area contributed by atoms with Gasteiger partial charge in [-0.25, -0.2) is 0 Å². The van der Waals surface area contributed by atoms with Crippen LogP contribution in [0.25, 0.3) is 0 Å². The third-order valence-electron chi connectivity index (χ3n) is 12.4. The van der Waals surface area contributed by atoms with E-state index in [-0.39, 0.29) is 25.4 Å². The molecular weight excluding hydrogens is 940 g/mol. The Labute approximate surface area is 455 Å². The van der Waals surface area contributed by atoms with Gasteiger partial charge in [-0.15, -0.1) is 0 Å². The predicted molar refractivity (Wildman–Crippen MR) is 316 cm³/mol. The molecule has 0 heterocycles. The number of carbonyl (C=O) groups excluding carboxylic acids is 2. The van der Waals surface area contributed by atoms with Gasteiger partial charge in [-0.1, -0.05) is 220 Å². The summed E-state index contributed by atoms with van der Waals surface area (Å²) in [5, 5.41) is 3.00. The first-order chi connectivity index (χ1) is 35.9. The molecule has 0 saturated heterocycles. The van der Waals surface area contributed by atoms with Crippen LogP contribution in [0, 0.1) is 0 Å². The number of likely N-dealkylation sites (N-methyl/N-ethyl adjacent to an activating group) is 1. The number of quaternary nitrogens is 1. The van der Waals surface area contributed by atoms with Crippen molar-refractivity contribution in [1.82, 2.24) is 5.32 Å². The second kappa shape index (κ2) is 53.1. The summed E-state index contributed by atoms with van der Waals surface area (Å²) >= 11 is 0. The normalized spacial score (nSPS) is 14.5. The van der Waals surface area contributed by atoms with Gasteiger partial charge >= 0.3 is 5.97 Å². The van der Waals surface area contributed by atoms with E-state index in [0.717, 1.165) is 109 Å². The van der Waals surface area contributed by atoms with E-state index in [1.165, 1.54) is 77.0 Å². The minimum Gasteiger partial charge on any atom is -0.756 e. The minimum atomic E-state index is -4.72. The monoisotopic (exact) mass is 1050 g/mol. The molecule has 0 radical (unpaired) electrons. The molecule has 0 aromatic rings. The van der Waals surface area contributed by atoms with Gasteiger partial charge in [-0.3, -0.25) is 14.2 Å². The number of rotatable bonds is 52. The molecule has 0 aliphatic carbocycles. The highest BCUT2D eigenvalue weighted by Crippen LogP contribution is 2.38. The summed E-state index contributed by atoms with van der Waals surface area (Å²) < 4.78 is 30.2. The quantitative estimate of drug-likeness (QED) is 0.0212. The number of unbranched alkanes of at least 4 members (excludes halogenated alkanes) is 20. The van der Waals surface area contributed by atoms with Gasteiger partial charge in [0.15, 0.2) is 0 Å². The standard InChI is InChI=1S/C64H111N2O7P/c1-7-10-13-16-19-22-25-28-30-32-33-35-36-38-41-44-47-50-53-56-63(67)65-61(60-72-74(69,70)71-59-58-66(4,5)6)62(55-52-49-46-43-40-27-24-21-18-15-12-9-3)73-64(68)57-54-51-48-45-42-39-37-34-31-29-26-23-20-17-14-11-8-2/h11,14,19-20,22-23,28-31,33,35,37,39,45,48,52,55,61-62H,7-10,12-13,15-18,21,24-27,32,34,36,38,40-44,46-47,49-51,53-54,56-60H2,1-6H3,(H-,65,67,69,70)/b14-11-,22-19-,23-20-,30-28-,31-29-,35-33-,39-37-,48-45-,55-52+. The third kappa shape index (κ3) is 53.5. The Morgan fingerprint density at radius 1 is 0.486 bits per heavy atom. The summed E-state index contributed by atoms with van der Waals surface area (Å²) in [6.45, 7) is 6.63. The molecule has 3 unspecified atom stereocenters. The Hall–Kier alpha value is -3.33. The molecule has 74 heavy (non-hydrogen) atoms. The van der Waals surface area contributed by atoms with Crippen LogP contribution >= 0.6 is 7.82 Å². The van der Waals surface area contributed by atoms with Crippen LogP contribution < -0.4 is 10.2 Å². The van der Waals surface area contributed by atoms with Crippen molar-refractivity contribution in [1.29, 1.82) is 0 Å². The number of ether oxygens (including phenoxy) is 1. The Kier molecular flexibility index (Phi) is 50.7. The first-order valence-corrected chi connectivity index (χ1v) is 31.2. The first-order valence-electron chi connectivity index (χ1n) is 29.7. The number of nitrogens with zero attached hydrogens (tertiary/aromatic N) is 1. The van der Waals surface area contributed by atoms with E-state index in [1.807, 2.05) is 27.2 Å². The van der Waals surface area contributed by atoms with Crippen molar-refractivity contribution in [3.63, 3.8) is 0 Å². The zero-order chi connectivity index (χ0) is 54.3.